The minimum absolute atomic E-state index is 0.465. The van der Waals surface area contributed by atoms with E-state index in [9.17, 15) is 5.21 Å². The molecule has 3 heteroatoms. The maximum absolute atomic E-state index is 12.0. The maximum atomic E-state index is 12.0. The van der Waals surface area contributed by atoms with Gasteiger partial charge < -0.3 is 5.21 Å². The van der Waals surface area contributed by atoms with Crippen LogP contribution in [0.25, 0.3) is 22.2 Å². The summed E-state index contributed by atoms with van der Waals surface area (Å²) in [6.07, 6.45) is 0. The number of aromatic nitrogens is 2. The molecule has 0 spiro atoms. The summed E-state index contributed by atoms with van der Waals surface area (Å²) >= 11 is 0. The molecule has 0 aliphatic rings. The van der Waals surface area contributed by atoms with Crippen LogP contribution >= 0.6 is 0 Å². The first-order valence-electron chi connectivity index (χ1n) is 5.82. The van der Waals surface area contributed by atoms with Gasteiger partial charge in [0.15, 0.2) is 5.69 Å². The van der Waals surface area contributed by atoms with Crippen molar-refractivity contribution in [2.24, 2.45) is 0 Å². The van der Waals surface area contributed by atoms with Gasteiger partial charge in [-0.05, 0) is 17.1 Å². The number of para-hydroxylation sites is 1. The lowest BCUT2D eigenvalue weighted by molar-refractivity contribution is -0.587. The Balaban J connectivity index is 2.40. The Morgan fingerprint density at radius 3 is 2.39 bits per heavy atom. The van der Waals surface area contributed by atoms with Crippen LogP contribution in [-0.4, -0.2) is 4.98 Å². The van der Waals surface area contributed by atoms with Gasteiger partial charge in [-0.2, -0.15) is 0 Å². The minimum atomic E-state index is 0.465. The van der Waals surface area contributed by atoms with Crippen LogP contribution in [0.5, 0.6) is 0 Å². The van der Waals surface area contributed by atoms with Gasteiger partial charge in [-0.25, -0.2) is 4.73 Å². The number of hydrogen-bond donors (Lipinski definition) is 0. The minimum Gasteiger partial charge on any atom is -0.710 e. The third-order valence-corrected chi connectivity index (χ3v) is 2.99. The molecule has 0 N–H and O–H groups in total. The topological polar surface area (TPSA) is 39.8 Å². The van der Waals surface area contributed by atoms with Crippen LogP contribution in [0.4, 0.5) is 0 Å². The number of rotatable bonds is 1. The summed E-state index contributed by atoms with van der Waals surface area (Å²) in [5, 5.41) is 12.8. The first kappa shape index (κ1) is 10.7. The van der Waals surface area contributed by atoms with Gasteiger partial charge >= 0.3 is 0 Å². The number of benzene rings is 2. The van der Waals surface area contributed by atoms with E-state index in [1.165, 1.54) is 0 Å². The van der Waals surface area contributed by atoms with Crippen molar-refractivity contribution in [3.05, 3.63) is 65.6 Å². The van der Waals surface area contributed by atoms with Crippen molar-refractivity contribution in [1.82, 2.24) is 4.98 Å². The summed E-state index contributed by atoms with van der Waals surface area (Å²) in [7, 11) is 0. The zero-order valence-electron chi connectivity index (χ0n) is 10.00. The maximum Gasteiger partial charge on any atom is 0.299 e. The van der Waals surface area contributed by atoms with Crippen molar-refractivity contribution >= 4 is 10.9 Å². The van der Waals surface area contributed by atoms with E-state index in [-0.39, 0.29) is 0 Å². The number of nitrogens with zero attached hydrogens (tertiary/aromatic N) is 2. The monoisotopic (exact) mass is 236 g/mol. The van der Waals surface area contributed by atoms with Gasteiger partial charge in [-0.3, -0.25) is 0 Å². The third kappa shape index (κ3) is 1.61. The highest BCUT2D eigenvalue weighted by atomic mass is 16.5. The second kappa shape index (κ2) is 4.11. The second-order valence-corrected chi connectivity index (χ2v) is 4.19. The number of hydrogen-bond acceptors (Lipinski definition) is 2. The smallest absolute Gasteiger partial charge is 0.299 e. The van der Waals surface area contributed by atoms with Crippen LogP contribution in [0.3, 0.4) is 0 Å². The van der Waals surface area contributed by atoms with Crippen LogP contribution in [-0.2, 0) is 0 Å². The van der Waals surface area contributed by atoms with Crippen molar-refractivity contribution in [3.63, 3.8) is 0 Å². The normalized spacial score (nSPS) is 10.7. The molecule has 2 aromatic carbocycles. The van der Waals surface area contributed by atoms with E-state index in [4.69, 9.17) is 0 Å². The third-order valence-electron chi connectivity index (χ3n) is 2.99. The molecule has 3 aromatic rings. The molecule has 0 radical (unpaired) electrons. The quantitative estimate of drug-likeness (QED) is 0.481. The van der Waals surface area contributed by atoms with Gasteiger partial charge in [0.1, 0.15) is 5.52 Å². The van der Waals surface area contributed by atoms with Crippen LogP contribution < -0.4 is 4.73 Å². The molecule has 0 amide bonds. The van der Waals surface area contributed by atoms with Gasteiger partial charge in [-0.1, -0.05) is 42.5 Å². The van der Waals surface area contributed by atoms with E-state index >= 15 is 0 Å². The Labute approximate surface area is 105 Å². The van der Waals surface area contributed by atoms with E-state index in [0.29, 0.717) is 11.3 Å². The Morgan fingerprint density at radius 2 is 1.61 bits per heavy atom. The molecular weight excluding hydrogens is 224 g/mol. The fourth-order valence-electron chi connectivity index (χ4n) is 2.11. The molecule has 1 aromatic heterocycles. The Bertz CT molecular complexity index is 708. The van der Waals surface area contributed by atoms with Crippen LogP contribution in [0.1, 0.15) is 5.82 Å². The van der Waals surface area contributed by atoms with E-state index in [1.807, 2.05) is 54.6 Å². The largest absolute Gasteiger partial charge is 0.710 e. The van der Waals surface area contributed by atoms with Crippen LogP contribution in [0.2, 0.25) is 0 Å². The molecule has 0 bridgehead atoms. The predicted molar refractivity (Wildman–Crippen MR) is 70.9 cm³/mol. The molecular formula is C15H12N2O. The fourth-order valence-corrected chi connectivity index (χ4v) is 2.11. The van der Waals surface area contributed by atoms with Gasteiger partial charge in [0.25, 0.3) is 5.82 Å². The Morgan fingerprint density at radius 1 is 0.944 bits per heavy atom. The van der Waals surface area contributed by atoms with Crippen LogP contribution in [0.15, 0.2) is 54.6 Å². The van der Waals surface area contributed by atoms with Crippen molar-refractivity contribution < 1.29 is 4.73 Å². The van der Waals surface area contributed by atoms with Crippen molar-refractivity contribution in [2.45, 2.75) is 6.92 Å². The molecule has 0 saturated heterocycles. The second-order valence-electron chi connectivity index (χ2n) is 4.19. The van der Waals surface area contributed by atoms with E-state index in [0.717, 1.165) is 21.4 Å². The highest BCUT2D eigenvalue weighted by Gasteiger charge is 2.15. The highest BCUT2D eigenvalue weighted by molar-refractivity contribution is 5.90. The molecule has 18 heavy (non-hydrogen) atoms. The van der Waals surface area contributed by atoms with E-state index < -0.39 is 0 Å². The lowest BCUT2D eigenvalue weighted by Gasteiger charge is -2.09. The average Bonchev–Trinajstić information content (AvgIpc) is 2.44. The van der Waals surface area contributed by atoms with Gasteiger partial charge in [0.2, 0.25) is 0 Å². The molecule has 0 saturated carbocycles. The molecule has 0 fully saturated rings. The van der Waals surface area contributed by atoms with E-state index in [2.05, 4.69) is 4.98 Å². The Kier molecular flexibility index (Phi) is 2.45. The molecule has 0 aliphatic heterocycles. The van der Waals surface area contributed by atoms with Crippen molar-refractivity contribution in [1.29, 1.82) is 0 Å². The Hall–Kier alpha value is -2.42. The van der Waals surface area contributed by atoms with Crippen LogP contribution in [0, 0.1) is 12.1 Å². The molecule has 1 heterocycles. The first-order valence-corrected chi connectivity index (χ1v) is 5.82. The fraction of sp³-hybridized carbons (Fsp3) is 0.0667. The molecule has 0 aliphatic carbocycles. The highest BCUT2D eigenvalue weighted by Crippen LogP contribution is 2.24. The predicted octanol–water partition coefficient (Wildman–Crippen LogP) is 2.84. The van der Waals surface area contributed by atoms with Crippen molar-refractivity contribution in [2.75, 3.05) is 0 Å². The molecule has 3 nitrogen and oxygen atoms in total. The van der Waals surface area contributed by atoms with E-state index in [1.54, 1.807) is 6.92 Å². The van der Waals surface area contributed by atoms with Gasteiger partial charge in [0.05, 0.1) is 5.39 Å². The summed E-state index contributed by atoms with van der Waals surface area (Å²) in [6, 6.07) is 17.5. The molecule has 0 atom stereocenters. The summed E-state index contributed by atoms with van der Waals surface area (Å²) in [5.41, 5.74) is 2.54. The van der Waals surface area contributed by atoms with Gasteiger partial charge in [-0.15, -0.1) is 0 Å². The molecule has 0 unspecified atom stereocenters. The molecule has 3 rings (SSSR count). The SMILES string of the molecule is Cc1nc(-c2ccccc2)c2ccccc2[n+]1[O-]. The zero-order valence-corrected chi connectivity index (χ0v) is 10.00. The van der Waals surface area contributed by atoms with Gasteiger partial charge in [0, 0.05) is 12.5 Å². The lowest BCUT2D eigenvalue weighted by Crippen LogP contribution is -2.32. The summed E-state index contributed by atoms with van der Waals surface area (Å²) in [6.45, 7) is 1.73. The first-order chi connectivity index (χ1) is 8.77. The molecule has 88 valence electrons. The average molecular weight is 236 g/mol. The standard InChI is InChI=1S/C15H12N2O/c1-11-16-15(12-7-3-2-4-8-12)13-9-5-6-10-14(13)17(11)18/h2-10H,1H3. The van der Waals surface area contributed by atoms with Crippen molar-refractivity contribution in [3.8, 4) is 11.3 Å². The summed E-state index contributed by atoms with van der Waals surface area (Å²) < 4.78 is 0.877. The number of fused-ring (bicyclic) bond motifs is 1. The lowest BCUT2D eigenvalue weighted by atomic mass is 10.1. The number of aryl methyl sites for hydroxylation is 1. The summed E-state index contributed by atoms with van der Waals surface area (Å²) in [4.78, 5) is 4.42. The zero-order chi connectivity index (χ0) is 12.5. The summed E-state index contributed by atoms with van der Waals surface area (Å²) in [5.74, 6) is 0.465.